The lowest BCUT2D eigenvalue weighted by Crippen LogP contribution is -1.74. The molecule has 20 heavy (non-hydrogen) atoms. The molecule has 0 radical (unpaired) electrons. The van der Waals surface area contributed by atoms with E-state index in [0.717, 1.165) is 0 Å². The Bertz CT molecular complexity index is 621. The summed E-state index contributed by atoms with van der Waals surface area (Å²) in [6.07, 6.45) is 0. The number of benzene rings is 2. The monoisotopic (exact) mass is 284 g/mol. The molecule has 0 spiro atoms. The van der Waals surface area contributed by atoms with Crippen LogP contribution in [0, 0.1) is 6.92 Å². The number of fused-ring (bicyclic) bond motifs is 1. The molecule has 0 bridgehead atoms. The Labute approximate surface area is 127 Å². The predicted molar refractivity (Wildman–Crippen MR) is 94.7 cm³/mol. The van der Waals surface area contributed by atoms with Crippen LogP contribution in [0.2, 0.25) is 0 Å². The second-order valence-corrected chi connectivity index (χ2v) is 4.97. The number of hydrogen-bond donors (Lipinski definition) is 0. The molecule has 0 aliphatic carbocycles. The van der Waals surface area contributed by atoms with E-state index in [9.17, 15) is 0 Å². The third-order valence-corrected chi connectivity index (χ3v) is 4.20. The highest BCUT2D eigenvalue weighted by atomic mass is 32.1. The van der Waals surface area contributed by atoms with Crippen molar-refractivity contribution >= 4 is 21.4 Å². The molecule has 1 heteroatoms. The van der Waals surface area contributed by atoms with Gasteiger partial charge in [0.1, 0.15) is 0 Å². The van der Waals surface area contributed by atoms with Crippen molar-refractivity contribution in [2.45, 2.75) is 34.6 Å². The fourth-order valence-electron chi connectivity index (χ4n) is 2.04. The van der Waals surface area contributed by atoms with Crippen molar-refractivity contribution in [3.63, 3.8) is 0 Å². The van der Waals surface area contributed by atoms with Gasteiger partial charge in [-0.3, -0.25) is 0 Å². The van der Waals surface area contributed by atoms with Crippen LogP contribution in [-0.4, -0.2) is 0 Å². The summed E-state index contributed by atoms with van der Waals surface area (Å²) in [7, 11) is 0. The highest BCUT2D eigenvalue weighted by Crippen LogP contribution is 2.37. The van der Waals surface area contributed by atoms with E-state index < -0.39 is 0 Å². The van der Waals surface area contributed by atoms with E-state index in [1.54, 1.807) is 0 Å². The number of thiophene rings is 1. The van der Waals surface area contributed by atoms with Gasteiger partial charge in [0.15, 0.2) is 0 Å². The summed E-state index contributed by atoms with van der Waals surface area (Å²) in [5.74, 6) is 0. The summed E-state index contributed by atoms with van der Waals surface area (Å²) in [6.45, 7) is 10.2. The molecule has 0 saturated carbocycles. The van der Waals surface area contributed by atoms with Gasteiger partial charge in [0, 0.05) is 9.58 Å². The normalized spacial score (nSPS) is 9.25. The van der Waals surface area contributed by atoms with Gasteiger partial charge in [-0.15, -0.1) is 11.3 Å². The molecule has 0 nitrogen and oxygen atoms in total. The summed E-state index contributed by atoms with van der Waals surface area (Å²) in [4.78, 5) is 1.39. The average Bonchev–Trinajstić information content (AvgIpc) is 2.90. The molecular formula is C19H24S. The van der Waals surface area contributed by atoms with Crippen LogP contribution < -0.4 is 0 Å². The van der Waals surface area contributed by atoms with Gasteiger partial charge in [-0.2, -0.15) is 0 Å². The largest absolute Gasteiger partial charge is 0.135 e. The zero-order chi connectivity index (χ0) is 15.0. The molecule has 0 saturated heterocycles. The molecule has 1 heterocycles. The smallest absolute Gasteiger partial charge is 0.0384 e. The van der Waals surface area contributed by atoms with Crippen molar-refractivity contribution in [2.75, 3.05) is 0 Å². The molecular weight excluding hydrogens is 260 g/mol. The summed E-state index contributed by atoms with van der Waals surface area (Å²) in [5.41, 5.74) is 2.72. The zero-order valence-electron chi connectivity index (χ0n) is 13.1. The quantitative estimate of drug-likeness (QED) is 0.454. The Balaban J connectivity index is 0.000000461. The second-order valence-electron chi connectivity index (χ2n) is 3.92. The Morgan fingerprint density at radius 1 is 0.700 bits per heavy atom. The Morgan fingerprint density at radius 3 is 1.85 bits per heavy atom. The maximum atomic E-state index is 2.21. The average molecular weight is 284 g/mol. The fraction of sp³-hybridized carbons (Fsp3) is 0.263. The minimum Gasteiger partial charge on any atom is -0.135 e. The predicted octanol–water partition coefficient (Wildman–Crippen LogP) is 6.93. The van der Waals surface area contributed by atoms with Crippen molar-refractivity contribution < 1.29 is 0 Å². The first-order valence-corrected chi connectivity index (χ1v) is 8.21. The minimum absolute atomic E-state index is 1.32. The van der Waals surface area contributed by atoms with Crippen molar-refractivity contribution in [3.05, 3.63) is 60.2 Å². The van der Waals surface area contributed by atoms with E-state index in [2.05, 4.69) is 61.5 Å². The second kappa shape index (κ2) is 8.55. The lowest BCUT2D eigenvalue weighted by atomic mass is 10.1. The first kappa shape index (κ1) is 16.5. The van der Waals surface area contributed by atoms with Gasteiger partial charge in [-0.25, -0.2) is 0 Å². The highest BCUT2D eigenvalue weighted by molar-refractivity contribution is 7.22. The molecule has 3 rings (SSSR count). The van der Waals surface area contributed by atoms with E-state index in [0.29, 0.717) is 0 Å². The molecule has 1 aromatic heterocycles. The van der Waals surface area contributed by atoms with Crippen molar-refractivity contribution in [3.8, 4) is 10.4 Å². The summed E-state index contributed by atoms with van der Waals surface area (Å²) >= 11 is 1.88. The first-order valence-electron chi connectivity index (χ1n) is 7.40. The van der Waals surface area contributed by atoms with Gasteiger partial charge >= 0.3 is 0 Å². The minimum atomic E-state index is 1.32. The molecule has 3 aromatic rings. The molecule has 0 aliphatic heterocycles. The van der Waals surface area contributed by atoms with Crippen LogP contribution in [0.15, 0.2) is 54.6 Å². The first-order chi connectivity index (χ1) is 9.86. The summed E-state index contributed by atoms with van der Waals surface area (Å²) in [6, 6.07) is 19.2. The maximum Gasteiger partial charge on any atom is 0.0384 e. The Hall–Kier alpha value is -1.60. The van der Waals surface area contributed by atoms with Crippen LogP contribution in [0.5, 0.6) is 0 Å². The van der Waals surface area contributed by atoms with E-state index in [4.69, 9.17) is 0 Å². The van der Waals surface area contributed by atoms with Crippen LogP contribution in [0.3, 0.4) is 0 Å². The van der Waals surface area contributed by atoms with Gasteiger partial charge in [0.05, 0.1) is 0 Å². The number of aryl methyl sites for hydroxylation is 1. The zero-order valence-corrected chi connectivity index (χ0v) is 13.9. The lowest BCUT2D eigenvalue weighted by Gasteiger charge is -1.98. The molecule has 0 unspecified atom stereocenters. The topological polar surface area (TPSA) is 0 Å². The van der Waals surface area contributed by atoms with Gasteiger partial charge < -0.3 is 0 Å². The fourth-order valence-corrected chi connectivity index (χ4v) is 3.25. The van der Waals surface area contributed by atoms with Crippen LogP contribution in [0.4, 0.5) is 0 Å². The van der Waals surface area contributed by atoms with E-state index >= 15 is 0 Å². The lowest BCUT2D eigenvalue weighted by molar-refractivity contribution is 1.50. The molecule has 0 N–H and O–H groups in total. The Kier molecular flexibility index (Phi) is 7.03. The Morgan fingerprint density at radius 2 is 1.25 bits per heavy atom. The third kappa shape index (κ3) is 3.49. The van der Waals surface area contributed by atoms with Crippen LogP contribution in [0.1, 0.15) is 33.3 Å². The van der Waals surface area contributed by atoms with Crippen molar-refractivity contribution in [1.82, 2.24) is 0 Å². The maximum absolute atomic E-state index is 2.21. The van der Waals surface area contributed by atoms with E-state index in [1.165, 1.54) is 26.1 Å². The van der Waals surface area contributed by atoms with Gasteiger partial charge in [0.2, 0.25) is 0 Å². The SMILES string of the molecule is CC.CC.Cc1c(-c2ccccc2)sc2ccccc12. The van der Waals surface area contributed by atoms with Crippen LogP contribution in [-0.2, 0) is 0 Å². The summed E-state index contributed by atoms with van der Waals surface area (Å²) < 4.78 is 1.37. The van der Waals surface area contributed by atoms with Crippen molar-refractivity contribution in [1.29, 1.82) is 0 Å². The molecule has 0 fully saturated rings. The molecule has 0 amide bonds. The number of rotatable bonds is 1. The highest BCUT2D eigenvalue weighted by Gasteiger charge is 2.08. The summed E-state index contributed by atoms with van der Waals surface area (Å²) in [5, 5.41) is 1.38. The molecule has 106 valence electrons. The standard InChI is InChI=1S/C15H12S.2C2H6/c1-11-13-9-5-6-10-14(13)16-15(11)12-7-3-2-4-8-12;2*1-2/h2-10H,1H3;2*1-2H3. The molecule has 2 aromatic carbocycles. The van der Waals surface area contributed by atoms with Crippen LogP contribution >= 0.6 is 11.3 Å². The third-order valence-electron chi connectivity index (χ3n) is 2.88. The molecule has 0 aliphatic rings. The van der Waals surface area contributed by atoms with E-state index in [1.807, 2.05) is 39.0 Å². The van der Waals surface area contributed by atoms with Crippen molar-refractivity contribution in [2.24, 2.45) is 0 Å². The van der Waals surface area contributed by atoms with Gasteiger partial charge in [-0.05, 0) is 29.5 Å². The van der Waals surface area contributed by atoms with Gasteiger partial charge in [-0.1, -0.05) is 76.2 Å². The number of hydrogen-bond acceptors (Lipinski definition) is 1. The van der Waals surface area contributed by atoms with Crippen LogP contribution in [0.25, 0.3) is 20.5 Å². The van der Waals surface area contributed by atoms with E-state index in [-0.39, 0.29) is 0 Å². The molecule has 0 atom stereocenters. The van der Waals surface area contributed by atoms with Gasteiger partial charge in [0.25, 0.3) is 0 Å².